The van der Waals surface area contributed by atoms with Gasteiger partial charge < -0.3 is 11.0 Å². The molecule has 4 N–H and O–H groups in total. The molecule has 0 aromatic carbocycles. The van der Waals surface area contributed by atoms with Crippen LogP contribution < -0.4 is 111 Å². The van der Waals surface area contributed by atoms with E-state index in [0.717, 1.165) is 0 Å². The molecule has 0 aromatic rings. The SMILES string of the molecule is O.O.[K+].[K+].[O]=[Cr](=[O])([O-])[O-]. The molecule has 0 heterocycles. The summed E-state index contributed by atoms with van der Waals surface area (Å²) in [6, 6.07) is 0. The molecule has 0 aliphatic carbocycles. The standard InChI is InChI=1S/Cr.2K.2H2O.4O/h;;;2*1H2;;;;/q;2*+1;;;;;2*-1. The Labute approximate surface area is 139 Å². The van der Waals surface area contributed by atoms with Crippen molar-refractivity contribution < 1.29 is 143 Å². The third-order valence-corrected chi connectivity index (χ3v) is 0. The van der Waals surface area contributed by atoms with Crippen LogP contribution in [0, 0.1) is 0 Å². The Balaban J connectivity index is -0.0000000133. The molecule has 0 aromatic heterocycles. The number of hydrogen-bond donors (Lipinski definition) is 0. The molecule has 0 spiro atoms. The summed E-state index contributed by atoms with van der Waals surface area (Å²) in [6.45, 7) is 0. The summed E-state index contributed by atoms with van der Waals surface area (Å²) in [7, 11) is 0. The Morgan fingerprint density at radius 1 is 0.889 bits per heavy atom. The summed E-state index contributed by atoms with van der Waals surface area (Å²) in [5.74, 6) is 0. The topological polar surface area (TPSA) is 143 Å². The predicted octanol–water partition coefficient (Wildman–Crippen LogP) is -10.3. The van der Waals surface area contributed by atoms with Crippen molar-refractivity contribution >= 4 is 0 Å². The summed E-state index contributed by atoms with van der Waals surface area (Å²) >= 11 is -5.75. The summed E-state index contributed by atoms with van der Waals surface area (Å²) in [4.78, 5) is 0. The first-order valence-corrected chi connectivity index (χ1v) is 2.75. The molecule has 0 fully saturated rings. The van der Waals surface area contributed by atoms with Crippen LogP contribution in [0.25, 0.3) is 0 Å². The fourth-order valence-electron chi connectivity index (χ4n) is 0. The molecule has 0 aliphatic heterocycles. The number of hydrogen-bond acceptors (Lipinski definition) is 4. The molecule has 9 heteroatoms. The molecule has 0 unspecified atom stereocenters. The zero-order valence-corrected chi connectivity index (χ0v) is 12.6. The molecule has 0 saturated carbocycles. The Kier molecular flexibility index (Phi) is 45.3. The average molecular weight is 230 g/mol. The van der Waals surface area contributed by atoms with Gasteiger partial charge in [-0.05, 0) is 0 Å². The van der Waals surface area contributed by atoms with Gasteiger partial charge in [0, 0.05) is 0 Å². The van der Waals surface area contributed by atoms with E-state index in [0.29, 0.717) is 0 Å². The first kappa shape index (κ1) is 29.5. The Bertz CT molecular complexity index is 94.2. The third-order valence-electron chi connectivity index (χ3n) is 0. The fourth-order valence-corrected chi connectivity index (χ4v) is 0. The van der Waals surface area contributed by atoms with Crippen LogP contribution in [0.15, 0.2) is 0 Å². The van der Waals surface area contributed by atoms with Crippen molar-refractivity contribution in [3.05, 3.63) is 0 Å². The van der Waals surface area contributed by atoms with Crippen LogP contribution in [0.2, 0.25) is 0 Å². The molecular formula is H4CrK2O6. The second-order valence-electron chi connectivity index (χ2n) is 0.408. The van der Waals surface area contributed by atoms with E-state index in [2.05, 4.69) is 0 Å². The zero-order valence-electron chi connectivity index (χ0n) is 5.04. The molecular weight excluding hydrogens is 226 g/mol. The van der Waals surface area contributed by atoms with Crippen LogP contribution in [-0.2, 0) is 21.2 Å². The van der Waals surface area contributed by atoms with E-state index >= 15 is 0 Å². The van der Waals surface area contributed by atoms with Crippen molar-refractivity contribution in [1.29, 1.82) is 0 Å². The maximum absolute atomic E-state index is 8.59. The molecule has 0 saturated heterocycles. The normalized spacial score (nSPS) is 6.44. The van der Waals surface area contributed by atoms with Gasteiger partial charge in [-0.15, -0.1) is 0 Å². The summed E-state index contributed by atoms with van der Waals surface area (Å²) < 4.78 is 34.4. The third kappa shape index (κ3) is 91.3. The van der Waals surface area contributed by atoms with E-state index < -0.39 is 13.6 Å². The molecule has 0 aliphatic rings. The molecule has 0 atom stereocenters. The van der Waals surface area contributed by atoms with Crippen LogP contribution in [0.4, 0.5) is 0 Å². The molecule has 48 valence electrons. The molecule has 9 heavy (non-hydrogen) atoms. The first-order chi connectivity index (χ1) is 2.00. The second kappa shape index (κ2) is 13.8. The van der Waals surface area contributed by atoms with Crippen molar-refractivity contribution in [2.45, 2.75) is 0 Å². The Morgan fingerprint density at radius 2 is 0.889 bits per heavy atom. The van der Waals surface area contributed by atoms with Gasteiger partial charge in [0.2, 0.25) is 0 Å². The minimum atomic E-state index is -5.75. The van der Waals surface area contributed by atoms with Gasteiger partial charge >= 0.3 is 132 Å². The molecule has 0 radical (unpaired) electrons. The Morgan fingerprint density at radius 3 is 0.889 bits per heavy atom. The predicted molar refractivity (Wildman–Crippen MR) is 8.60 cm³/mol. The van der Waals surface area contributed by atoms with Gasteiger partial charge in [0.1, 0.15) is 0 Å². The van der Waals surface area contributed by atoms with Gasteiger partial charge in [-0.3, -0.25) is 0 Å². The average Bonchev–Trinajstić information content (AvgIpc) is 0.722. The summed E-state index contributed by atoms with van der Waals surface area (Å²) in [5, 5.41) is 0. The van der Waals surface area contributed by atoms with Crippen molar-refractivity contribution in [2.24, 2.45) is 0 Å². The number of rotatable bonds is 0. The molecule has 0 amide bonds. The van der Waals surface area contributed by atoms with Gasteiger partial charge in [0.05, 0.1) is 0 Å². The van der Waals surface area contributed by atoms with Crippen LogP contribution in [0.1, 0.15) is 0 Å². The summed E-state index contributed by atoms with van der Waals surface area (Å²) in [5.41, 5.74) is 0. The zero-order chi connectivity index (χ0) is 4.50. The van der Waals surface area contributed by atoms with Crippen LogP contribution >= 0.6 is 0 Å². The van der Waals surface area contributed by atoms with E-state index in [9.17, 15) is 0 Å². The van der Waals surface area contributed by atoms with Crippen molar-refractivity contribution in [1.82, 2.24) is 0 Å². The van der Waals surface area contributed by atoms with Crippen molar-refractivity contribution in [2.75, 3.05) is 0 Å². The fraction of sp³-hybridized carbons (Fsp3) is 0. The molecule has 6 nitrogen and oxygen atoms in total. The second-order valence-corrected chi connectivity index (χ2v) is 1.68. The van der Waals surface area contributed by atoms with Crippen LogP contribution in [0.3, 0.4) is 0 Å². The van der Waals surface area contributed by atoms with Crippen LogP contribution in [-0.4, -0.2) is 11.0 Å². The van der Waals surface area contributed by atoms with Gasteiger partial charge in [-0.1, -0.05) is 0 Å². The quantitative estimate of drug-likeness (QED) is 0.380. The van der Waals surface area contributed by atoms with Crippen molar-refractivity contribution in [3.8, 4) is 0 Å². The van der Waals surface area contributed by atoms with Gasteiger partial charge in [0.25, 0.3) is 0 Å². The van der Waals surface area contributed by atoms with Gasteiger partial charge in [0.15, 0.2) is 0 Å². The van der Waals surface area contributed by atoms with E-state index in [1.807, 2.05) is 0 Å². The van der Waals surface area contributed by atoms with E-state index in [4.69, 9.17) is 15.9 Å². The minimum absolute atomic E-state index is 0. The summed E-state index contributed by atoms with van der Waals surface area (Å²) in [6.07, 6.45) is 0. The molecule has 0 bridgehead atoms. The van der Waals surface area contributed by atoms with E-state index in [-0.39, 0.29) is 114 Å². The van der Waals surface area contributed by atoms with Gasteiger partial charge in [-0.2, -0.15) is 0 Å². The first-order valence-electron chi connectivity index (χ1n) is 0.667. The van der Waals surface area contributed by atoms with Crippen LogP contribution in [0.5, 0.6) is 0 Å². The molecule has 0 rings (SSSR count). The maximum atomic E-state index is 8.59. The van der Waals surface area contributed by atoms with E-state index in [1.165, 1.54) is 0 Å². The van der Waals surface area contributed by atoms with Gasteiger partial charge in [-0.25, -0.2) is 0 Å². The van der Waals surface area contributed by atoms with E-state index in [1.54, 1.807) is 0 Å². The Hall–Kier alpha value is 3.25. The monoisotopic (exact) mass is 230 g/mol. The van der Waals surface area contributed by atoms with Crippen molar-refractivity contribution in [3.63, 3.8) is 0 Å².